The van der Waals surface area contributed by atoms with Crippen LogP contribution in [0.3, 0.4) is 0 Å². The molecule has 0 amide bonds. The second kappa shape index (κ2) is 4.21. The van der Waals surface area contributed by atoms with Gasteiger partial charge < -0.3 is 4.42 Å². The standard InChI is InChI=1S/C12H6ClNO2/c13-11-3-1-8(6-14)5-10(11)12-4-2-9(7-15)16-12/h1-5,7H. The molecule has 3 nitrogen and oxygen atoms in total. The Bertz CT molecular complexity index is 581. The highest BCUT2D eigenvalue weighted by atomic mass is 35.5. The van der Waals surface area contributed by atoms with Crippen LogP contribution in [0.2, 0.25) is 5.02 Å². The van der Waals surface area contributed by atoms with Crippen molar-refractivity contribution >= 4 is 17.9 Å². The molecule has 0 bridgehead atoms. The molecule has 1 heterocycles. The zero-order valence-corrected chi connectivity index (χ0v) is 8.86. The van der Waals surface area contributed by atoms with E-state index in [-0.39, 0.29) is 5.76 Å². The van der Waals surface area contributed by atoms with Crippen LogP contribution < -0.4 is 0 Å². The van der Waals surface area contributed by atoms with Crippen LogP contribution >= 0.6 is 11.6 Å². The number of carbonyl (C=O) groups is 1. The van der Waals surface area contributed by atoms with Crippen molar-refractivity contribution in [1.29, 1.82) is 5.26 Å². The Morgan fingerprint density at radius 1 is 1.31 bits per heavy atom. The highest BCUT2D eigenvalue weighted by molar-refractivity contribution is 6.33. The lowest BCUT2D eigenvalue weighted by atomic mass is 10.1. The molecule has 2 rings (SSSR count). The van der Waals surface area contributed by atoms with Crippen molar-refractivity contribution in [2.45, 2.75) is 0 Å². The summed E-state index contributed by atoms with van der Waals surface area (Å²) in [6.45, 7) is 0. The van der Waals surface area contributed by atoms with Crippen LogP contribution in [0.4, 0.5) is 0 Å². The third-order valence-corrected chi connectivity index (χ3v) is 2.43. The number of carbonyl (C=O) groups excluding carboxylic acids is 1. The number of rotatable bonds is 2. The molecule has 0 unspecified atom stereocenters. The molecule has 1 aromatic heterocycles. The number of nitriles is 1. The van der Waals surface area contributed by atoms with Gasteiger partial charge in [0.25, 0.3) is 0 Å². The molecule has 16 heavy (non-hydrogen) atoms. The summed E-state index contributed by atoms with van der Waals surface area (Å²) in [6.07, 6.45) is 0.617. The largest absolute Gasteiger partial charge is 0.453 e. The molecule has 0 N–H and O–H groups in total. The van der Waals surface area contributed by atoms with Crippen LogP contribution in [0, 0.1) is 11.3 Å². The van der Waals surface area contributed by atoms with Gasteiger partial charge in [0, 0.05) is 5.56 Å². The number of benzene rings is 1. The Kier molecular flexibility index (Phi) is 2.76. The van der Waals surface area contributed by atoms with Crippen molar-refractivity contribution in [2.75, 3.05) is 0 Å². The predicted molar refractivity (Wildman–Crippen MR) is 59.3 cm³/mol. The van der Waals surface area contributed by atoms with E-state index in [0.717, 1.165) is 0 Å². The predicted octanol–water partition coefficient (Wildman–Crippen LogP) is 3.28. The highest BCUT2D eigenvalue weighted by Crippen LogP contribution is 2.29. The first kappa shape index (κ1) is 10.5. The van der Waals surface area contributed by atoms with Gasteiger partial charge in [-0.3, -0.25) is 4.79 Å². The summed E-state index contributed by atoms with van der Waals surface area (Å²) in [5.74, 6) is 0.706. The van der Waals surface area contributed by atoms with E-state index in [4.69, 9.17) is 21.3 Å². The van der Waals surface area contributed by atoms with E-state index in [2.05, 4.69) is 0 Å². The van der Waals surface area contributed by atoms with E-state index >= 15 is 0 Å². The Balaban J connectivity index is 2.54. The summed E-state index contributed by atoms with van der Waals surface area (Å²) in [6, 6.07) is 10.1. The van der Waals surface area contributed by atoms with Crippen molar-refractivity contribution in [2.24, 2.45) is 0 Å². The van der Waals surface area contributed by atoms with Crippen LogP contribution in [0.5, 0.6) is 0 Å². The van der Waals surface area contributed by atoms with E-state index in [0.29, 0.717) is 28.2 Å². The normalized spacial score (nSPS) is 9.75. The molecule has 0 radical (unpaired) electrons. The van der Waals surface area contributed by atoms with Gasteiger partial charge in [-0.2, -0.15) is 5.26 Å². The van der Waals surface area contributed by atoms with Gasteiger partial charge in [-0.25, -0.2) is 0 Å². The quantitative estimate of drug-likeness (QED) is 0.746. The minimum Gasteiger partial charge on any atom is -0.453 e. The average Bonchev–Trinajstić information content (AvgIpc) is 2.78. The molecule has 0 aliphatic rings. The molecule has 0 fully saturated rings. The first-order valence-corrected chi connectivity index (χ1v) is 4.87. The van der Waals surface area contributed by atoms with E-state index in [1.807, 2.05) is 6.07 Å². The highest BCUT2D eigenvalue weighted by Gasteiger charge is 2.09. The van der Waals surface area contributed by atoms with Crippen molar-refractivity contribution in [3.8, 4) is 17.4 Å². The van der Waals surface area contributed by atoms with E-state index < -0.39 is 0 Å². The van der Waals surface area contributed by atoms with E-state index in [1.54, 1.807) is 30.3 Å². The molecule has 0 atom stereocenters. The Morgan fingerprint density at radius 3 is 2.75 bits per heavy atom. The number of hydrogen-bond donors (Lipinski definition) is 0. The van der Waals surface area contributed by atoms with Gasteiger partial charge in [0.15, 0.2) is 12.0 Å². The average molecular weight is 232 g/mol. The fourth-order valence-electron chi connectivity index (χ4n) is 1.34. The summed E-state index contributed by atoms with van der Waals surface area (Å²) in [4.78, 5) is 10.5. The summed E-state index contributed by atoms with van der Waals surface area (Å²) in [7, 11) is 0. The lowest BCUT2D eigenvalue weighted by molar-refractivity contribution is 0.110. The molecular weight excluding hydrogens is 226 g/mol. The first-order chi connectivity index (χ1) is 7.74. The van der Waals surface area contributed by atoms with Gasteiger partial charge in [0.1, 0.15) is 5.76 Å². The van der Waals surface area contributed by atoms with Crippen molar-refractivity contribution < 1.29 is 9.21 Å². The fraction of sp³-hybridized carbons (Fsp3) is 0. The zero-order chi connectivity index (χ0) is 11.5. The molecule has 4 heteroatoms. The smallest absolute Gasteiger partial charge is 0.185 e. The van der Waals surface area contributed by atoms with Crippen LogP contribution in [0.25, 0.3) is 11.3 Å². The molecule has 0 saturated heterocycles. The van der Waals surface area contributed by atoms with Crippen LogP contribution in [-0.4, -0.2) is 6.29 Å². The monoisotopic (exact) mass is 231 g/mol. The van der Waals surface area contributed by atoms with Gasteiger partial charge in [-0.1, -0.05) is 11.6 Å². The number of nitrogens with zero attached hydrogens (tertiary/aromatic N) is 1. The second-order valence-electron chi connectivity index (χ2n) is 3.13. The Labute approximate surface area is 96.9 Å². The minimum absolute atomic E-state index is 0.230. The maximum Gasteiger partial charge on any atom is 0.185 e. The summed E-state index contributed by atoms with van der Waals surface area (Å²) < 4.78 is 5.24. The molecule has 2 aromatic rings. The van der Waals surface area contributed by atoms with Crippen molar-refractivity contribution in [1.82, 2.24) is 0 Å². The van der Waals surface area contributed by atoms with Gasteiger partial charge >= 0.3 is 0 Å². The topological polar surface area (TPSA) is 54.0 Å². The third-order valence-electron chi connectivity index (χ3n) is 2.10. The van der Waals surface area contributed by atoms with Crippen molar-refractivity contribution in [3.63, 3.8) is 0 Å². The molecule has 0 aliphatic carbocycles. The number of hydrogen-bond acceptors (Lipinski definition) is 3. The van der Waals surface area contributed by atoms with Gasteiger partial charge in [0.2, 0.25) is 0 Å². The molecule has 78 valence electrons. The molecule has 1 aromatic carbocycles. The van der Waals surface area contributed by atoms with Crippen molar-refractivity contribution in [3.05, 3.63) is 46.7 Å². The number of halogens is 1. The van der Waals surface area contributed by atoms with Crippen LogP contribution in [0.1, 0.15) is 16.1 Å². The minimum atomic E-state index is 0.230. The zero-order valence-electron chi connectivity index (χ0n) is 8.11. The molecule has 0 saturated carbocycles. The lowest BCUT2D eigenvalue weighted by Gasteiger charge is -2.00. The Hall–Kier alpha value is -2.05. The van der Waals surface area contributed by atoms with Gasteiger partial charge in [-0.15, -0.1) is 0 Å². The molecule has 0 spiro atoms. The molecule has 0 aliphatic heterocycles. The number of aldehydes is 1. The fourth-order valence-corrected chi connectivity index (χ4v) is 1.56. The van der Waals surface area contributed by atoms with Gasteiger partial charge in [0.05, 0.1) is 16.7 Å². The summed E-state index contributed by atoms with van der Waals surface area (Å²) in [5, 5.41) is 9.25. The van der Waals surface area contributed by atoms with Crippen LogP contribution in [0.15, 0.2) is 34.7 Å². The SMILES string of the molecule is N#Cc1ccc(Cl)c(-c2ccc(C=O)o2)c1. The van der Waals surface area contributed by atoms with E-state index in [9.17, 15) is 4.79 Å². The van der Waals surface area contributed by atoms with Crippen LogP contribution in [-0.2, 0) is 0 Å². The molecular formula is C12H6ClNO2. The number of furan rings is 1. The third kappa shape index (κ3) is 1.83. The first-order valence-electron chi connectivity index (χ1n) is 4.49. The summed E-state index contributed by atoms with van der Waals surface area (Å²) in [5.41, 5.74) is 1.09. The maximum atomic E-state index is 10.5. The van der Waals surface area contributed by atoms with Gasteiger partial charge in [-0.05, 0) is 30.3 Å². The Morgan fingerprint density at radius 2 is 2.12 bits per heavy atom. The van der Waals surface area contributed by atoms with E-state index in [1.165, 1.54) is 0 Å². The lowest BCUT2D eigenvalue weighted by Crippen LogP contribution is -1.80. The maximum absolute atomic E-state index is 10.5. The second-order valence-corrected chi connectivity index (χ2v) is 3.53. The summed E-state index contributed by atoms with van der Waals surface area (Å²) >= 11 is 5.98.